The molecule has 0 aliphatic carbocycles. The van der Waals surface area contributed by atoms with E-state index in [1.807, 2.05) is 0 Å². The van der Waals surface area contributed by atoms with Crippen LogP contribution in [0.5, 0.6) is 11.5 Å². The lowest BCUT2D eigenvalue weighted by molar-refractivity contribution is -0.139. The molecule has 1 rings (SSSR count). The maximum Gasteiger partial charge on any atom is 0.408 e. The van der Waals surface area contributed by atoms with Crippen molar-refractivity contribution in [2.75, 3.05) is 14.2 Å². The normalized spacial score (nSPS) is 12.2. The molecular weight excluding hydrogens is 302 g/mol. The van der Waals surface area contributed by atoms with Crippen LogP contribution in [0.25, 0.3) is 0 Å². The summed E-state index contributed by atoms with van der Waals surface area (Å²) in [5.41, 5.74) is -0.0450. The summed E-state index contributed by atoms with van der Waals surface area (Å²) in [4.78, 5) is 23.1. The fourth-order valence-corrected chi connectivity index (χ4v) is 1.87. The van der Waals surface area contributed by atoms with Crippen LogP contribution in [0.1, 0.15) is 26.3 Å². The quantitative estimate of drug-likeness (QED) is 0.833. The van der Waals surface area contributed by atoms with Crippen molar-refractivity contribution >= 4 is 12.1 Å². The third kappa shape index (κ3) is 6.46. The summed E-state index contributed by atoms with van der Waals surface area (Å²) >= 11 is 0. The zero-order valence-corrected chi connectivity index (χ0v) is 14.0. The molecular formula is C16H23NO6. The van der Waals surface area contributed by atoms with Gasteiger partial charge in [0.25, 0.3) is 0 Å². The Morgan fingerprint density at radius 2 is 1.65 bits per heavy atom. The molecule has 0 radical (unpaired) electrons. The molecule has 23 heavy (non-hydrogen) atoms. The van der Waals surface area contributed by atoms with E-state index in [2.05, 4.69) is 5.32 Å². The SMILES string of the molecule is COc1cc(C[C@@H](NC(=O)OC(C)(C)C)C(=O)O)cc(OC)c1. The van der Waals surface area contributed by atoms with Crippen LogP contribution >= 0.6 is 0 Å². The number of amides is 1. The number of hydrogen-bond donors (Lipinski definition) is 2. The van der Waals surface area contributed by atoms with E-state index in [4.69, 9.17) is 14.2 Å². The van der Waals surface area contributed by atoms with Crippen LogP contribution in [-0.2, 0) is 16.0 Å². The minimum absolute atomic E-state index is 0.0716. The summed E-state index contributed by atoms with van der Waals surface area (Å²) in [6.07, 6.45) is -0.706. The average Bonchev–Trinajstić information content (AvgIpc) is 2.43. The second-order valence-electron chi connectivity index (χ2n) is 5.96. The maximum absolute atomic E-state index is 11.8. The molecule has 1 aromatic rings. The van der Waals surface area contributed by atoms with Crippen LogP contribution in [0.15, 0.2) is 18.2 Å². The monoisotopic (exact) mass is 325 g/mol. The van der Waals surface area contributed by atoms with Crippen LogP contribution in [0.4, 0.5) is 4.79 Å². The second kappa shape index (κ2) is 7.71. The smallest absolute Gasteiger partial charge is 0.408 e. The number of carboxylic acids is 1. The zero-order chi connectivity index (χ0) is 17.6. The Balaban J connectivity index is 2.88. The van der Waals surface area contributed by atoms with Crippen molar-refractivity contribution in [2.45, 2.75) is 38.8 Å². The topological polar surface area (TPSA) is 94.1 Å². The van der Waals surface area contributed by atoms with Gasteiger partial charge in [0.05, 0.1) is 14.2 Å². The molecule has 0 aliphatic heterocycles. The molecule has 1 aromatic carbocycles. The Morgan fingerprint density at radius 1 is 1.13 bits per heavy atom. The van der Waals surface area contributed by atoms with E-state index in [9.17, 15) is 14.7 Å². The number of aliphatic carboxylic acids is 1. The van der Waals surface area contributed by atoms with E-state index in [1.165, 1.54) is 14.2 Å². The van der Waals surface area contributed by atoms with Crippen molar-refractivity contribution in [1.82, 2.24) is 5.32 Å². The Hall–Kier alpha value is -2.44. The first-order valence-corrected chi connectivity index (χ1v) is 7.09. The van der Waals surface area contributed by atoms with Gasteiger partial charge in [-0.05, 0) is 38.5 Å². The van der Waals surface area contributed by atoms with Gasteiger partial charge in [-0.1, -0.05) is 0 Å². The minimum Gasteiger partial charge on any atom is -0.497 e. The third-order valence-corrected chi connectivity index (χ3v) is 2.84. The number of benzene rings is 1. The van der Waals surface area contributed by atoms with E-state index < -0.39 is 23.7 Å². The van der Waals surface area contributed by atoms with Gasteiger partial charge in [-0.3, -0.25) is 0 Å². The van der Waals surface area contributed by atoms with Gasteiger partial charge in [-0.2, -0.15) is 0 Å². The standard InChI is InChI=1S/C16H23NO6/c1-16(2,3)23-15(20)17-13(14(18)19)8-10-6-11(21-4)9-12(7-10)22-5/h6-7,9,13H,8H2,1-5H3,(H,17,20)(H,18,19)/t13-/m1/s1. The van der Waals surface area contributed by atoms with E-state index >= 15 is 0 Å². The lowest BCUT2D eigenvalue weighted by Crippen LogP contribution is -2.44. The summed E-state index contributed by atoms with van der Waals surface area (Å²) in [5, 5.41) is 11.7. The minimum atomic E-state index is -1.15. The number of carboxylic acid groups (broad SMARTS) is 1. The highest BCUT2D eigenvalue weighted by molar-refractivity contribution is 5.80. The molecule has 1 atom stereocenters. The lowest BCUT2D eigenvalue weighted by Gasteiger charge is -2.22. The van der Waals surface area contributed by atoms with E-state index in [-0.39, 0.29) is 6.42 Å². The number of ether oxygens (including phenoxy) is 3. The number of carbonyl (C=O) groups excluding carboxylic acids is 1. The van der Waals surface area contributed by atoms with Gasteiger partial charge in [0.1, 0.15) is 23.1 Å². The van der Waals surface area contributed by atoms with Crippen molar-refractivity contribution in [1.29, 1.82) is 0 Å². The highest BCUT2D eigenvalue weighted by Gasteiger charge is 2.24. The van der Waals surface area contributed by atoms with Crippen LogP contribution in [0.3, 0.4) is 0 Å². The fourth-order valence-electron chi connectivity index (χ4n) is 1.87. The van der Waals surface area contributed by atoms with Gasteiger partial charge in [0.15, 0.2) is 0 Å². The number of alkyl carbamates (subject to hydrolysis) is 1. The summed E-state index contributed by atoms with van der Waals surface area (Å²) in [7, 11) is 3.01. The number of carbonyl (C=O) groups is 2. The molecule has 7 nitrogen and oxygen atoms in total. The lowest BCUT2D eigenvalue weighted by atomic mass is 10.1. The van der Waals surface area contributed by atoms with Gasteiger partial charge >= 0.3 is 12.1 Å². The summed E-state index contributed by atoms with van der Waals surface area (Å²) in [6, 6.07) is 3.94. The van der Waals surface area contributed by atoms with Crippen LogP contribution < -0.4 is 14.8 Å². The molecule has 0 aromatic heterocycles. The molecule has 0 heterocycles. The summed E-state index contributed by atoms with van der Waals surface area (Å²) < 4.78 is 15.4. The zero-order valence-electron chi connectivity index (χ0n) is 14.0. The molecule has 0 unspecified atom stereocenters. The Labute approximate surface area is 135 Å². The van der Waals surface area contributed by atoms with Gasteiger partial charge in [0.2, 0.25) is 0 Å². The second-order valence-corrected chi connectivity index (χ2v) is 5.96. The maximum atomic E-state index is 11.8. The molecule has 0 spiro atoms. The van der Waals surface area contributed by atoms with Crippen molar-refractivity contribution in [3.05, 3.63) is 23.8 Å². The molecule has 0 fully saturated rings. The first-order valence-electron chi connectivity index (χ1n) is 7.09. The molecule has 2 N–H and O–H groups in total. The fraction of sp³-hybridized carbons (Fsp3) is 0.500. The number of hydrogen-bond acceptors (Lipinski definition) is 5. The van der Waals surface area contributed by atoms with Gasteiger partial charge in [-0.25, -0.2) is 9.59 Å². The predicted octanol–water partition coefficient (Wildman–Crippen LogP) is 2.22. The number of nitrogens with one attached hydrogen (secondary N) is 1. The van der Waals surface area contributed by atoms with Crippen LogP contribution in [0, 0.1) is 0 Å². The van der Waals surface area contributed by atoms with Gasteiger partial charge in [0, 0.05) is 12.5 Å². The van der Waals surface area contributed by atoms with Crippen LogP contribution in [-0.4, -0.2) is 43.0 Å². The van der Waals surface area contributed by atoms with Gasteiger partial charge in [-0.15, -0.1) is 0 Å². The molecule has 7 heteroatoms. The highest BCUT2D eigenvalue weighted by Crippen LogP contribution is 2.23. The number of rotatable bonds is 6. The first kappa shape index (κ1) is 18.6. The average molecular weight is 325 g/mol. The predicted molar refractivity (Wildman–Crippen MR) is 84.0 cm³/mol. The van der Waals surface area contributed by atoms with E-state index in [0.29, 0.717) is 17.1 Å². The van der Waals surface area contributed by atoms with E-state index in [1.54, 1.807) is 39.0 Å². The Morgan fingerprint density at radius 3 is 2.04 bits per heavy atom. The van der Waals surface area contributed by atoms with Gasteiger partial charge < -0.3 is 24.6 Å². The van der Waals surface area contributed by atoms with E-state index in [0.717, 1.165) is 0 Å². The first-order chi connectivity index (χ1) is 10.6. The Bertz CT molecular complexity index is 542. The highest BCUT2D eigenvalue weighted by atomic mass is 16.6. The molecule has 0 saturated heterocycles. The summed E-state index contributed by atoms with van der Waals surface area (Å²) in [6.45, 7) is 5.11. The van der Waals surface area contributed by atoms with Crippen molar-refractivity contribution in [3.63, 3.8) is 0 Å². The molecule has 128 valence electrons. The molecule has 0 aliphatic rings. The van der Waals surface area contributed by atoms with Crippen molar-refractivity contribution < 1.29 is 28.9 Å². The van der Waals surface area contributed by atoms with Crippen LogP contribution in [0.2, 0.25) is 0 Å². The molecule has 0 bridgehead atoms. The number of methoxy groups -OCH3 is 2. The molecule has 0 saturated carbocycles. The Kier molecular flexibility index (Phi) is 6.24. The largest absolute Gasteiger partial charge is 0.497 e. The third-order valence-electron chi connectivity index (χ3n) is 2.84. The summed E-state index contributed by atoms with van der Waals surface area (Å²) in [5.74, 6) is -0.0702. The van der Waals surface area contributed by atoms with Crippen molar-refractivity contribution in [2.24, 2.45) is 0 Å². The van der Waals surface area contributed by atoms with Crippen molar-refractivity contribution in [3.8, 4) is 11.5 Å². The molecule has 1 amide bonds.